The molecule has 2 heterocycles. The standard InChI is InChI=1S/C16H20N2O2/c17-10-13-9-12-5-1-2-7-15(12)18-16(13)20-11-14-6-3-4-8-19-14/h9,14H,1-8,11H2. The Hall–Kier alpha value is -1.60. The van der Waals surface area contributed by atoms with E-state index in [9.17, 15) is 5.26 Å². The molecule has 0 aromatic carbocycles. The van der Waals surface area contributed by atoms with Crippen molar-refractivity contribution in [3.8, 4) is 11.9 Å². The van der Waals surface area contributed by atoms with Gasteiger partial charge < -0.3 is 9.47 Å². The van der Waals surface area contributed by atoms with Crippen LogP contribution in [0.3, 0.4) is 0 Å². The Morgan fingerprint density at radius 1 is 1.30 bits per heavy atom. The quantitative estimate of drug-likeness (QED) is 0.849. The van der Waals surface area contributed by atoms with E-state index in [0.29, 0.717) is 18.1 Å². The van der Waals surface area contributed by atoms with Gasteiger partial charge in [0.2, 0.25) is 5.88 Å². The van der Waals surface area contributed by atoms with E-state index in [0.717, 1.165) is 38.0 Å². The van der Waals surface area contributed by atoms with Crippen LogP contribution in [0.1, 0.15) is 48.9 Å². The van der Waals surface area contributed by atoms with Crippen LogP contribution in [0.2, 0.25) is 0 Å². The lowest BCUT2D eigenvalue weighted by Crippen LogP contribution is -2.26. The number of pyridine rings is 1. The zero-order valence-corrected chi connectivity index (χ0v) is 11.7. The van der Waals surface area contributed by atoms with Gasteiger partial charge in [0.05, 0.1) is 6.10 Å². The van der Waals surface area contributed by atoms with E-state index in [1.165, 1.54) is 24.8 Å². The summed E-state index contributed by atoms with van der Waals surface area (Å²) in [5.74, 6) is 0.488. The van der Waals surface area contributed by atoms with Crippen LogP contribution in [-0.4, -0.2) is 24.3 Å². The van der Waals surface area contributed by atoms with Crippen LogP contribution in [0.4, 0.5) is 0 Å². The zero-order valence-electron chi connectivity index (χ0n) is 11.7. The third-order valence-electron chi connectivity index (χ3n) is 4.07. The van der Waals surface area contributed by atoms with Crippen molar-refractivity contribution < 1.29 is 9.47 Å². The highest BCUT2D eigenvalue weighted by molar-refractivity contribution is 5.43. The molecule has 106 valence electrons. The first-order valence-corrected chi connectivity index (χ1v) is 7.54. The monoisotopic (exact) mass is 272 g/mol. The first-order chi connectivity index (χ1) is 9.86. The van der Waals surface area contributed by atoms with Crippen molar-refractivity contribution in [3.05, 3.63) is 22.9 Å². The molecule has 2 aliphatic rings. The van der Waals surface area contributed by atoms with E-state index in [-0.39, 0.29) is 6.10 Å². The Kier molecular flexibility index (Phi) is 4.17. The van der Waals surface area contributed by atoms with Gasteiger partial charge in [-0.2, -0.15) is 5.26 Å². The first kappa shape index (κ1) is 13.4. The van der Waals surface area contributed by atoms with Crippen LogP contribution in [-0.2, 0) is 17.6 Å². The fourth-order valence-electron chi connectivity index (χ4n) is 2.92. The molecule has 0 spiro atoms. The van der Waals surface area contributed by atoms with Gasteiger partial charge >= 0.3 is 0 Å². The molecule has 0 radical (unpaired) electrons. The second-order valence-electron chi connectivity index (χ2n) is 5.57. The summed E-state index contributed by atoms with van der Waals surface area (Å²) in [5, 5.41) is 9.26. The summed E-state index contributed by atoms with van der Waals surface area (Å²) in [6, 6.07) is 4.16. The number of aromatic nitrogens is 1. The molecule has 0 amide bonds. The summed E-state index contributed by atoms with van der Waals surface area (Å²) in [6.07, 6.45) is 7.90. The maximum atomic E-state index is 9.26. The molecule has 0 saturated carbocycles. The fraction of sp³-hybridized carbons (Fsp3) is 0.625. The molecule has 1 saturated heterocycles. The van der Waals surface area contributed by atoms with Gasteiger partial charge in [0.25, 0.3) is 0 Å². The maximum absolute atomic E-state index is 9.26. The number of hydrogen-bond donors (Lipinski definition) is 0. The second kappa shape index (κ2) is 6.23. The largest absolute Gasteiger partial charge is 0.474 e. The molecule has 0 bridgehead atoms. The molecule has 1 aromatic heterocycles. The normalized spacial score (nSPS) is 21.9. The molecule has 1 aromatic rings. The van der Waals surface area contributed by atoms with Crippen molar-refractivity contribution in [3.63, 3.8) is 0 Å². The van der Waals surface area contributed by atoms with Crippen molar-refractivity contribution in [1.82, 2.24) is 4.98 Å². The van der Waals surface area contributed by atoms with E-state index in [2.05, 4.69) is 11.1 Å². The Bertz CT molecular complexity index is 516. The predicted molar refractivity (Wildman–Crippen MR) is 74.7 cm³/mol. The second-order valence-corrected chi connectivity index (χ2v) is 5.57. The van der Waals surface area contributed by atoms with Gasteiger partial charge in [0.1, 0.15) is 18.2 Å². The van der Waals surface area contributed by atoms with Crippen LogP contribution < -0.4 is 4.74 Å². The highest BCUT2D eigenvalue weighted by atomic mass is 16.5. The zero-order chi connectivity index (χ0) is 13.8. The van der Waals surface area contributed by atoms with Gasteiger partial charge in [-0.3, -0.25) is 0 Å². The van der Waals surface area contributed by atoms with Gasteiger partial charge in [0, 0.05) is 12.3 Å². The van der Waals surface area contributed by atoms with E-state index < -0.39 is 0 Å². The summed E-state index contributed by atoms with van der Waals surface area (Å²) < 4.78 is 11.4. The average Bonchev–Trinajstić information content (AvgIpc) is 2.53. The first-order valence-electron chi connectivity index (χ1n) is 7.54. The SMILES string of the molecule is N#Cc1cc2c(nc1OCC1CCCCO1)CCCC2. The van der Waals surface area contributed by atoms with Gasteiger partial charge in [-0.25, -0.2) is 4.98 Å². The van der Waals surface area contributed by atoms with Crippen molar-refractivity contribution in [2.45, 2.75) is 51.0 Å². The van der Waals surface area contributed by atoms with Crippen LogP contribution in [0, 0.1) is 11.3 Å². The van der Waals surface area contributed by atoms with Crippen LogP contribution >= 0.6 is 0 Å². The number of nitrogens with zero attached hydrogens (tertiary/aromatic N) is 2. The Morgan fingerprint density at radius 3 is 3.00 bits per heavy atom. The summed E-state index contributed by atoms with van der Waals surface area (Å²) in [5.41, 5.74) is 2.88. The topological polar surface area (TPSA) is 55.1 Å². The molecular weight excluding hydrogens is 252 g/mol. The Balaban J connectivity index is 1.72. The minimum absolute atomic E-state index is 0.146. The van der Waals surface area contributed by atoms with Crippen molar-refractivity contribution >= 4 is 0 Å². The third kappa shape index (κ3) is 2.94. The molecule has 1 aliphatic heterocycles. The molecule has 20 heavy (non-hydrogen) atoms. The van der Waals surface area contributed by atoms with Crippen LogP contribution in [0.25, 0.3) is 0 Å². The van der Waals surface area contributed by atoms with Gasteiger partial charge in [-0.15, -0.1) is 0 Å². The van der Waals surface area contributed by atoms with Gasteiger partial charge in [-0.1, -0.05) is 0 Å². The lowest BCUT2D eigenvalue weighted by atomic mass is 9.95. The van der Waals surface area contributed by atoms with E-state index in [1.54, 1.807) is 0 Å². The molecule has 1 aliphatic carbocycles. The molecule has 3 rings (SSSR count). The maximum Gasteiger partial charge on any atom is 0.232 e. The van der Waals surface area contributed by atoms with Crippen molar-refractivity contribution in [2.24, 2.45) is 0 Å². The Morgan fingerprint density at radius 2 is 2.20 bits per heavy atom. The average molecular weight is 272 g/mol. The molecule has 4 heteroatoms. The lowest BCUT2D eigenvalue weighted by Gasteiger charge is -2.23. The highest BCUT2D eigenvalue weighted by Crippen LogP contribution is 2.26. The predicted octanol–water partition coefficient (Wildman–Crippen LogP) is 2.78. The molecule has 4 nitrogen and oxygen atoms in total. The van der Waals surface area contributed by atoms with Crippen molar-refractivity contribution in [2.75, 3.05) is 13.2 Å². The number of aryl methyl sites for hydroxylation is 2. The summed E-state index contributed by atoms with van der Waals surface area (Å²) in [7, 11) is 0. The number of rotatable bonds is 3. The number of hydrogen-bond acceptors (Lipinski definition) is 4. The third-order valence-corrected chi connectivity index (χ3v) is 4.07. The lowest BCUT2D eigenvalue weighted by molar-refractivity contribution is -0.0120. The van der Waals surface area contributed by atoms with E-state index in [4.69, 9.17) is 9.47 Å². The minimum atomic E-state index is 0.146. The number of ether oxygens (including phenoxy) is 2. The molecular formula is C16H20N2O2. The van der Waals surface area contributed by atoms with Crippen molar-refractivity contribution in [1.29, 1.82) is 5.26 Å². The van der Waals surface area contributed by atoms with Gasteiger partial charge in [-0.05, 0) is 56.6 Å². The van der Waals surface area contributed by atoms with Gasteiger partial charge in [0.15, 0.2) is 0 Å². The Labute approximate surface area is 119 Å². The fourth-order valence-corrected chi connectivity index (χ4v) is 2.92. The summed E-state index contributed by atoms with van der Waals surface area (Å²) in [6.45, 7) is 1.32. The van der Waals surface area contributed by atoms with Crippen LogP contribution in [0.15, 0.2) is 6.07 Å². The smallest absolute Gasteiger partial charge is 0.232 e. The molecule has 1 fully saturated rings. The molecule has 1 atom stereocenters. The minimum Gasteiger partial charge on any atom is -0.474 e. The molecule has 1 unspecified atom stereocenters. The van der Waals surface area contributed by atoms with Crippen LogP contribution in [0.5, 0.6) is 5.88 Å². The summed E-state index contributed by atoms with van der Waals surface area (Å²) in [4.78, 5) is 4.57. The number of fused-ring (bicyclic) bond motifs is 1. The highest BCUT2D eigenvalue weighted by Gasteiger charge is 2.19. The molecule has 0 N–H and O–H groups in total. The summed E-state index contributed by atoms with van der Waals surface area (Å²) >= 11 is 0. The van der Waals surface area contributed by atoms with E-state index >= 15 is 0 Å². The number of nitriles is 1. The van der Waals surface area contributed by atoms with E-state index in [1.807, 2.05) is 6.07 Å².